The van der Waals surface area contributed by atoms with Gasteiger partial charge >= 0.3 is 12.4 Å². The molecule has 0 aliphatic carbocycles. The highest BCUT2D eigenvalue weighted by atomic mass is 19.4. The Morgan fingerprint density at radius 1 is 0.810 bits per heavy atom. The van der Waals surface area contributed by atoms with Gasteiger partial charge in [0.1, 0.15) is 24.1 Å². The van der Waals surface area contributed by atoms with Crippen molar-refractivity contribution in [1.82, 2.24) is 9.97 Å². The van der Waals surface area contributed by atoms with Gasteiger partial charge in [-0.2, -0.15) is 26.3 Å². The van der Waals surface area contributed by atoms with Crippen molar-refractivity contribution in [3.05, 3.63) is 71.3 Å². The summed E-state index contributed by atoms with van der Waals surface area (Å²) in [5.74, 6) is -0.0971. The molecule has 2 aliphatic heterocycles. The molecule has 0 radical (unpaired) electrons. The lowest BCUT2D eigenvalue weighted by Gasteiger charge is -2.35. The molecule has 6 nitrogen and oxygen atoms in total. The third-order valence-electron chi connectivity index (χ3n) is 7.73. The maximum absolute atomic E-state index is 13.7. The summed E-state index contributed by atoms with van der Waals surface area (Å²) in [7, 11) is 0. The van der Waals surface area contributed by atoms with Crippen molar-refractivity contribution in [1.29, 1.82) is 0 Å². The molecule has 0 saturated carbocycles. The van der Waals surface area contributed by atoms with Crippen LogP contribution in [0.25, 0.3) is 0 Å². The Balaban J connectivity index is 1.14. The van der Waals surface area contributed by atoms with Crippen LogP contribution < -0.4 is 19.9 Å². The second-order valence-electron chi connectivity index (χ2n) is 10.6. The van der Waals surface area contributed by atoms with E-state index in [1.165, 1.54) is 24.5 Å². The van der Waals surface area contributed by atoms with Gasteiger partial charge in [-0.1, -0.05) is 0 Å². The number of halogens is 7. The van der Waals surface area contributed by atoms with E-state index in [0.717, 1.165) is 48.5 Å². The second kappa shape index (κ2) is 11.8. The third kappa shape index (κ3) is 6.81. The minimum Gasteiger partial charge on any atom is -0.474 e. The molecule has 2 aromatic carbocycles. The van der Waals surface area contributed by atoms with Gasteiger partial charge in [-0.25, -0.2) is 14.4 Å². The summed E-state index contributed by atoms with van der Waals surface area (Å²) in [6.07, 6.45) is -5.25. The Labute approximate surface area is 238 Å². The van der Waals surface area contributed by atoms with Gasteiger partial charge < -0.3 is 19.9 Å². The first kappa shape index (κ1) is 29.7. The zero-order valence-corrected chi connectivity index (χ0v) is 22.8. The first-order chi connectivity index (χ1) is 19.9. The molecular formula is C29H30F7N5O. The monoisotopic (exact) mass is 597 g/mol. The van der Waals surface area contributed by atoms with Gasteiger partial charge in [0.05, 0.1) is 16.7 Å². The molecule has 0 atom stereocenters. The number of anilines is 3. The molecule has 5 rings (SSSR count). The number of hydrogen-bond acceptors (Lipinski definition) is 6. The van der Waals surface area contributed by atoms with Crippen molar-refractivity contribution < 1.29 is 35.5 Å². The molecule has 3 aromatic rings. The second-order valence-corrected chi connectivity index (χ2v) is 10.6. The van der Waals surface area contributed by atoms with Gasteiger partial charge in [0.2, 0.25) is 5.88 Å². The van der Waals surface area contributed by atoms with Crippen LogP contribution in [-0.2, 0) is 12.4 Å². The van der Waals surface area contributed by atoms with Crippen molar-refractivity contribution in [2.24, 2.45) is 0 Å². The van der Waals surface area contributed by atoms with E-state index in [2.05, 4.69) is 20.2 Å². The first-order valence-corrected chi connectivity index (χ1v) is 13.7. The van der Waals surface area contributed by atoms with Crippen molar-refractivity contribution in [3.63, 3.8) is 0 Å². The topological polar surface area (TPSA) is 53.5 Å². The molecule has 13 heteroatoms. The zero-order chi connectivity index (χ0) is 30.1. The van der Waals surface area contributed by atoms with E-state index in [4.69, 9.17) is 4.74 Å². The Morgan fingerprint density at radius 3 is 2.07 bits per heavy atom. The van der Waals surface area contributed by atoms with E-state index in [9.17, 15) is 30.7 Å². The molecule has 226 valence electrons. The average molecular weight is 598 g/mol. The third-order valence-corrected chi connectivity index (χ3v) is 7.73. The van der Waals surface area contributed by atoms with Crippen molar-refractivity contribution >= 4 is 17.2 Å². The molecule has 3 heterocycles. The molecule has 1 aromatic heterocycles. The van der Waals surface area contributed by atoms with Crippen LogP contribution in [0.3, 0.4) is 0 Å². The van der Waals surface area contributed by atoms with Crippen molar-refractivity contribution in [2.45, 2.75) is 57.1 Å². The Hall–Kier alpha value is -3.77. The van der Waals surface area contributed by atoms with Gasteiger partial charge in [-0.05, 0) is 62.2 Å². The zero-order valence-electron chi connectivity index (χ0n) is 22.8. The molecule has 2 fully saturated rings. The largest absolute Gasteiger partial charge is 0.474 e. The van der Waals surface area contributed by atoms with Crippen molar-refractivity contribution in [2.75, 3.05) is 41.3 Å². The standard InChI is InChI=1S/C29H30F7N5O/c1-18-26(41-12-8-21(9-13-41)39-20-4-2-19(3-5-20)28(31,32)33)37-17-38-27(18)42-23-10-14-40(15-11-23)22-6-7-25(30)24(16-22)29(34,35)36/h2-7,16-17,21,23,39H,8-15H2,1H3. The Kier molecular flexibility index (Phi) is 8.38. The van der Waals surface area contributed by atoms with Crippen LogP contribution >= 0.6 is 0 Å². The maximum atomic E-state index is 13.7. The van der Waals surface area contributed by atoms with Crippen LogP contribution in [0.1, 0.15) is 42.4 Å². The number of ether oxygens (including phenoxy) is 1. The van der Waals surface area contributed by atoms with E-state index in [1.54, 1.807) is 4.90 Å². The lowest BCUT2D eigenvalue weighted by Crippen LogP contribution is -2.40. The van der Waals surface area contributed by atoms with Crippen LogP contribution in [-0.4, -0.2) is 48.3 Å². The SMILES string of the molecule is Cc1c(OC2CCN(c3ccc(F)c(C(F)(F)F)c3)CC2)ncnc1N1CCC(Nc2ccc(C(F)(F)F)cc2)CC1. The van der Waals surface area contributed by atoms with E-state index in [0.29, 0.717) is 56.3 Å². The fraction of sp³-hybridized carbons (Fsp3) is 0.448. The number of rotatable bonds is 6. The fourth-order valence-corrected chi connectivity index (χ4v) is 5.41. The lowest BCUT2D eigenvalue weighted by atomic mass is 10.0. The van der Waals surface area contributed by atoms with Crippen molar-refractivity contribution in [3.8, 4) is 5.88 Å². The van der Waals surface area contributed by atoms with Gasteiger partial charge in [0, 0.05) is 56.4 Å². The summed E-state index contributed by atoms with van der Waals surface area (Å²) in [5, 5.41) is 3.31. The predicted octanol–water partition coefficient (Wildman–Crippen LogP) is 7.09. The number of aromatic nitrogens is 2. The number of piperidine rings is 2. The van der Waals surface area contributed by atoms with E-state index in [1.807, 2.05) is 6.92 Å². The highest BCUT2D eigenvalue weighted by Crippen LogP contribution is 2.35. The van der Waals surface area contributed by atoms with E-state index < -0.39 is 29.3 Å². The first-order valence-electron chi connectivity index (χ1n) is 13.7. The normalized spacial score (nSPS) is 17.4. The molecule has 0 spiro atoms. The van der Waals surface area contributed by atoms with Gasteiger partial charge in [-0.15, -0.1) is 0 Å². The average Bonchev–Trinajstić information content (AvgIpc) is 2.95. The maximum Gasteiger partial charge on any atom is 0.419 e. The summed E-state index contributed by atoms with van der Waals surface area (Å²) in [6.45, 7) is 4.15. The van der Waals surface area contributed by atoms with Crippen LogP contribution in [0.2, 0.25) is 0 Å². The number of benzene rings is 2. The molecule has 42 heavy (non-hydrogen) atoms. The van der Waals surface area contributed by atoms with Gasteiger partial charge in [0.15, 0.2) is 0 Å². The molecule has 1 N–H and O–H groups in total. The predicted molar refractivity (Wildman–Crippen MR) is 144 cm³/mol. The molecular weight excluding hydrogens is 567 g/mol. The minimum absolute atomic E-state index is 0.106. The number of nitrogens with one attached hydrogen (secondary N) is 1. The smallest absolute Gasteiger partial charge is 0.419 e. The van der Waals surface area contributed by atoms with Crippen LogP contribution in [0.5, 0.6) is 5.88 Å². The highest BCUT2D eigenvalue weighted by Gasteiger charge is 2.35. The van der Waals surface area contributed by atoms with Gasteiger partial charge in [0.25, 0.3) is 0 Å². The van der Waals surface area contributed by atoms with Crippen LogP contribution in [0, 0.1) is 12.7 Å². The van der Waals surface area contributed by atoms with Gasteiger partial charge in [-0.3, -0.25) is 0 Å². The lowest BCUT2D eigenvalue weighted by molar-refractivity contribution is -0.140. The van der Waals surface area contributed by atoms with Crippen LogP contribution in [0.15, 0.2) is 48.8 Å². The molecule has 0 bridgehead atoms. The summed E-state index contributed by atoms with van der Waals surface area (Å²) in [4.78, 5) is 12.7. The summed E-state index contributed by atoms with van der Waals surface area (Å²) >= 11 is 0. The molecule has 2 saturated heterocycles. The minimum atomic E-state index is -4.76. The summed E-state index contributed by atoms with van der Waals surface area (Å²) in [5.41, 5.74) is -0.219. The quantitative estimate of drug-likeness (QED) is 0.306. The molecule has 2 aliphatic rings. The number of alkyl halides is 6. The summed E-state index contributed by atoms with van der Waals surface area (Å²) in [6, 6.07) is 8.18. The highest BCUT2D eigenvalue weighted by molar-refractivity contribution is 5.52. The van der Waals surface area contributed by atoms with Crippen LogP contribution in [0.4, 0.5) is 47.9 Å². The Bertz CT molecular complexity index is 1360. The van der Waals surface area contributed by atoms with E-state index >= 15 is 0 Å². The Morgan fingerprint density at radius 2 is 1.45 bits per heavy atom. The number of hydrogen-bond donors (Lipinski definition) is 1. The number of nitrogens with zero attached hydrogens (tertiary/aromatic N) is 4. The molecule has 0 amide bonds. The van der Waals surface area contributed by atoms with E-state index in [-0.39, 0.29) is 12.1 Å². The fourth-order valence-electron chi connectivity index (χ4n) is 5.41. The summed E-state index contributed by atoms with van der Waals surface area (Å²) < 4.78 is 97.7. The molecule has 0 unspecified atom stereocenters.